The molecule has 27 heavy (non-hydrogen) atoms. The summed E-state index contributed by atoms with van der Waals surface area (Å²) in [5, 5.41) is 8.11. The van der Waals surface area contributed by atoms with Gasteiger partial charge in [0.1, 0.15) is 11.9 Å². The second-order valence-corrected chi connectivity index (χ2v) is 6.14. The van der Waals surface area contributed by atoms with E-state index in [1.54, 1.807) is 25.2 Å². The number of hydrogen-bond acceptors (Lipinski definition) is 4. The number of methoxy groups -OCH3 is 1. The number of urea groups is 1. The Labute approximate surface area is 158 Å². The molecule has 0 bridgehead atoms. The molecule has 1 heterocycles. The topological polar surface area (TPSA) is 88.7 Å². The fourth-order valence-corrected chi connectivity index (χ4v) is 3.09. The van der Waals surface area contributed by atoms with E-state index in [1.807, 2.05) is 18.2 Å². The lowest BCUT2D eigenvalue weighted by Crippen LogP contribution is -2.34. The Hall–Kier alpha value is -3.06. The highest BCUT2D eigenvalue weighted by atomic mass is 16.5. The molecule has 0 saturated heterocycles. The third-order valence-corrected chi connectivity index (χ3v) is 4.48. The van der Waals surface area contributed by atoms with Crippen molar-refractivity contribution in [2.75, 3.05) is 32.6 Å². The van der Waals surface area contributed by atoms with Gasteiger partial charge in [-0.3, -0.25) is 4.79 Å². The van der Waals surface area contributed by atoms with Crippen LogP contribution in [0.3, 0.4) is 0 Å². The van der Waals surface area contributed by atoms with Gasteiger partial charge in [0.15, 0.2) is 0 Å². The predicted molar refractivity (Wildman–Crippen MR) is 102 cm³/mol. The largest absolute Gasteiger partial charge is 0.495 e. The van der Waals surface area contributed by atoms with Crippen molar-refractivity contribution in [2.24, 2.45) is 0 Å². The molecule has 0 saturated carbocycles. The first-order valence-corrected chi connectivity index (χ1v) is 8.76. The van der Waals surface area contributed by atoms with E-state index in [0.29, 0.717) is 30.2 Å². The molecule has 3 rings (SSSR count). The number of benzene rings is 2. The van der Waals surface area contributed by atoms with Gasteiger partial charge in [0, 0.05) is 19.2 Å². The van der Waals surface area contributed by atoms with Crippen LogP contribution in [0.5, 0.6) is 5.75 Å². The standard InChI is InChI=1S/C20H23N3O4/c1-21-19(24)14-7-8-17(26-2)16(11-14)23-20(25)22-12-18-15-6-4-3-5-13(15)9-10-27-18/h3-8,11,18H,9-10,12H2,1-2H3,(H,21,24)(H2,22,23,25)/t18-/m0/s1. The lowest BCUT2D eigenvalue weighted by atomic mass is 9.98. The fourth-order valence-electron chi connectivity index (χ4n) is 3.09. The first-order chi connectivity index (χ1) is 13.1. The highest BCUT2D eigenvalue weighted by Gasteiger charge is 2.21. The van der Waals surface area contributed by atoms with E-state index in [9.17, 15) is 9.59 Å². The number of anilines is 1. The molecule has 1 aliphatic rings. The molecule has 7 heteroatoms. The Balaban J connectivity index is 1.65. The summed E-state index contributed by atoms with van der Waals surface area (Å²) in [7, 11) is 3.05. The molecule has 0 fully saturated rings. The highest BCUT2D eigenvalue weighted by Crippen LogP contribution is 2.27. The van der Waals surface area contributed by atoms with Gasteiger partial charge in [-0.15, -0.1) is 0 Å². The second-order valence-electron chi connectivity index (χ2n) is 6.14. The van der Waals surface area contributed by atoms with Crippen molar-refractivity contribution in [3.63, 3.8) is 0 Å². The number of ether oxygens (including phenoxy) is 2. The molecule has 142 valence electrons. The maximum Gasteiger partial charge on any atom is 0.319 e. The lowest BCUT2D eigenvalue weighted by molar-refractivity contribution is 0.0444. The Bertz CT molecular complexity index is 838. The van der Waals surface area contributed by atoms with Crippen molar-refractivity contribution in [3.05, 3.63) is 59.2 Å². The van der Waals surface area contributed by atoms with E-state index < -0.39 is 6.03 Å². The van der Waals surface area contributed by atoms with E-state index in [-0.39, 0.29) is 12.0 Å². The Kier molecular flexibility index (Phi) is 5.93. The van der Waals surface area contributed by atoms with Crippen molar-refractivity contribution in [1.82, 2.24) is 10.6 Å². The molecular weight excluding hydrogens is 346 g/mol. The minimum Gasteiger partial charge on any atom is -0.495 e. The summed E-state index contributed by atoms with van der Waals surface area (Å²) in [6.07, 6.45) is 0.697. The molecule has 7 nitrogen and oxygen atoms in total. The quantitative estimate of drug-likeness (QED) is 0.755. The summed E-state index contributed by atoms with van der Waals surface area (Å²) < 4.78 is 11.1. The zero-order chi connectivity index (χ0) is 19.2. The van der Waals surface area contributed by atoms with Crippen LogP contribution in [0.25, 0.3) is 0 Å². The van der Waals surface area contributed by atoms with Crippen LogP contribution in [0, 0.1) is 0 Å². The summed E-state index contributed by atoms with van der Waals surface area (Å²) in [6.45, 7) is 0.979. The molecule has 0 spiro atoms. The van der Waals surface area contributed by atoms with Gasteiger partial charge in [-0.2, -0.15) is 0 Å². The van der Waals surface area contributed by atoms with Gasteiger partial charge in [0.05, 0.1) is 19.4 Å². The van der Waals surface area contributed by atoms with Crippen LogP contribution in [0.4, 0.5) is 10.5 Å². The zero-order valence-corrected chi connectivity index (χ0v) is 15.4. The van der Waals surface area contributed by atoms with Crippen LogP contribution in [0.2, 0.25) is 0 Å². The van der Waals surface area contributed by atoms with Gasteiger partial charge in [0.2, 0.25) is 0 Å². The molecule has 0 aromatic heterocycles. The maximum absolute atomic E-state index is 12.4. The summed E-state index contributed by atoms with van der Waals surface area (Å²) in [5.74, 6) is 0.227. The van der Waals surface area contributed by atoms with Gasteiger partial charge in [-0.05, 0) is 35.7 Å². The van der Waals surface area contributed by atoms with Crippen LogP contribution < -0.4 is 20.7 Å². The molecule has 0 radical (unpaired) electrons. The van der Waals surface area contributed by atoms with Gasteiger partial charge in [-0.1, -0.05) is 24.3 Å². The van der Waals surface area contributed by atoms with Gasteiger partial charge in [0.25, 0.3) is 5.91 Å². The summed E-state index contributed by atoms with van der Waals surface area (Å²) in [6, 6.07) is 12.5. The van der Waals surface area contributed by atoms with Crippen molar-refractivity contribution in [1.29, 1.82) is 0 Å². The second kappa shape index (κ2) is 8.55. The number of carbonyl (C=O) groups is 2. The van der Waals surface area contributed by atoms with Crippen LogP contribution in [-0.2, 0) is 11.2 Å². The molecule has 0 aliphatic carbocycles. The van der Waals surface area contributed by atoms with Crippen molar-refractivity contribution >= 4 is 17.6 Å². The van der Waals surface area contributed by atoms with Crippen molar-refractivity contribution in [2.45, 2.75) is 12.5 Å². The molecular formula is C20H23N3O4. The van der Waals surface area contributed by atoms with Crippen LogP contribution >= 0.6 is 0 Å². The monoisotopic (exact) mass is 369 g/mol. The molecule has 3 amide bonds. The third-order valence-electron chi connectivity index (χ3n) is 4.48. The Morgan fingerprint density at radius 2 is 2.04 bits per heavy atom. The van der Waals surface area contributed by atoms with Gasteiger partial charge >= 0.3 is 6.03 Å². The molecule has 0 unspecified atom stereocenters. The highest BCUT2D eigenvalue weighted by molar-refractivity contribution is 5.97. The average Bonchev–Trinajstić information content (AvgIpc) is 2.71. The number of carbonyl (C=O) groups excluding carboxylic acids is 2. The van der Waals surface area contributed by atoms with Gasteiger partial charge in [-0.25, -0.2) is 4.79 Å². The molecule has 1 atom stereocenters. The first kappa shape index (κ1) is 18.7. The smallest absolute Gasteiger partial charge is 0.319 e. The molecule has 1 aliphatic heterocycles. The first-order valence-electron chi connectivity index (χ1n) is 8.76. The van der Waals surface area contributed by atoms with E-state index in [0.717, 1.165) is 12.0 Å². The summed E-state index contributed by atoms with van der Waals surface area (Å²) in [5.41, 5.74) is 3.19. The molecule has 2 aromatic rings. The van der Waals surface area contributed by atoms with Gasteiger partial charge < -0.3 is 25.4 Å². The van der Waals surface area contributed by atoms with Crippen LogP contribution in [0.1, 0.15) is 27.6 Å². The molecule has 2 aromatic carbocycles. The SMILES string of the molecule is CNC(=O)c1ccc(OC)c(NC(=O)NC[C@@H]2OCCc3ccccc32)c1. The third kappa shape index (κ3) is 4.38. The van der Waals surface area contributed by atoms with E-state index in [2.05, 4.69) is 22.0 Å². The fraction of sp³-hybridized carbons (Fsp3) is 0.300. The maximum atomic E-state index is 12.4. The number of rotatable bonds is 5. The molecule has 3 N–H and O–H groups in total. The lowest BCUT2D eigenvalue weighted by Gasteiger charge is -2.26. The minimum atomic E-state index is -0.394. The number of amides is 3. The van der Waals surface area contributed by atoms with Crippen LogP contribution in [-0.4, -0.2) is 39.2 Å². The Morgan fingerprint density at radius 1 is 1.22 bits per heavy atom. The number of hydrogen-bond donors (Lipinski definition) is 3. The Morgan fingerprint density at radius 3 is 2.81 bits per heavy atom. The van der Waals surface area contributed by atoms with Crippen molar-refractivity contribution < 1.29 is 19.1 Å². The van der Waals surface area contributed by atoms with Crippen LogP contribution in [0.15, 0.2) is 42.5 Å². The average molecular weight is 369 g/mol. The van der Waals surface area contributed by atoms with Crippen molar-refractivity contribution in [3.8, 4) is 5.75 Å². The predicted octanol–water partition coefficient (Wildman–Crippen LogP) is 2.49. The number of nitrogens with one attached hydrogen (secondary N) is 3. The number of fused-ring (bicyclic) bond motifs is 1. The van der Waals surface area contributed by atoms with E-state index >= 15 is 0 Å². The normalized spacial score (nSPS) is 15.4. The van der Waals surface area contributed by atoms with E-state index in [1.165, 1.54) is 12.7 Å². The summed E-state index contributed by atoms with van der Waals surface area (Å²) in [4.78, 5) is 24.2. The minimum absolute atomic E-state index is 0.181. The zero-order valence-electron chi connectivity index (χ0n) is 15.4. The summed E-state index contributed by atoms with van der Waals surface area (Å²) >= 11 is 0. The van der Waals surface area contributed by atoms with E-state index in [4.69, 9.17) is 9.47 Å².